The SMILES string of the molecule is Cc1cccc(NC(=O)c2ccccc2NS(=O)(=O)c2ccccc2)c1C. The Morgan fingerprint density at radius 2 is 1.41 bits per heavy atom. The Balaban J connectivity index is 1.90. The van der Waals surface area contributed by atoms with Crippen LogP contribution in [-0.2, 0) is 10.0 Å². The normalized spacial score (nSPS) is 11.0. The van der Waals surface area contributed by atoms with Crippen LogP contribution in [0.1, 0.15) is 21.5 Å². The zero-order valence-corrected chi connectivity index (χ0v) is 15.9. The first kappa shape index (κ1) is 18.7. The highest BCUT2D eigenvalue weighted by molar-refractivity contribution is 7.92. The standard InChI is InChI=1S/C21H20N2O3S/c1-15-9-8-14-19(16(15)2)22-21(24)18-12-6-7-13-20(18)23-27(25,26)17-10-4-3-5-11-17/h3-14,23H,1-2H3,(H,22,24). The highest BCUT2D eigenvalue weighted by Crippen LogP contribution is 2.23. The minimum atomic E-state index is -3.79. The first-order valence-corrected chi connectivity index (χ1v) is 9.91. The smallest absolute Gasteiger partial charge is 0.261 e. The van der Waals surface area contributed by atoms with Crippen LogP contribution in [0.25, 0.3) is 0 Å². The lowest BCUT2D eigenvalue weighted by Crippen LogP contribution is -2.19. The van der Waals surface area contributed by atoms with Gasteiger partial charge in [-0.3, -0.25) is 9.52 Å². The van der Waals surface area contributed by atoms with Crippen molar-refractivity contribution in [1.29, 1.82) is 0 Å². The molecule has 27 heavy (non-hydrogen) atoms. The number of rotatable bonds is 5. The summed E-state index contributed by atoms with van der Waals surface area (Å²) in [4.78, 5) is 12.9. The summed E-state index contributed by atoms with van der Waals surface area (Å²) in [5.41, 5.74) is 3.20. The lowest BCUT2D eigenvalue weighted by atomic mass is 10.1. The number of nitrogens with one attached hydrogen (secondary N) is 2. The predicted octanol–water partition coefficient (Wildman–Crippen LogP) is 4.36. The molecule has 5 nitrogen and oxygen atoms in total. The van der Waals surface area contributed by atoms with Gasteiger partial charge in [0.25, 0.3) is 15.9 Å². The first-order valence-electron chi connectivity index (χ1n) is 8.43. The van der Waals surface area contributed by atoms with Crippen molar-refractivity contribution in [3.63, 3.8) is 0 Å². The summed E-state index contributed by atoms with van der Waals surface area (Å²) in [5.74, 6) is -0.380. The van der Waals surface area contributed by atoms with E-state index in [1.54, 1.807) is 42.5 Å². The minimum Gasteiger partial charge on any atom is -0.322 e. The average molecular weight is 380 g/mol. The van der Waals surface area contributed by atoms with Crippen LogP contribution in [0.15, 0.2) is 77.7 Å². The van der Waals surface area contributed by atoms with Crippen molar-refractivity contribution in [1.82, 2.24) is 0 Å². The fourth-order valence-electron chi connectivity index (χ4n) is 2.65. The molecule has 0 heterocycles. The van der Waals surface area contributed by atoms with Gasteiger partial charge in [-0.15, -0.1) is 0 Å². The molecule has 0 aliphatic heterocycles. The molecule has 0 spiro atoms. The number of sulfonamides is 1. The number of carbonyl (C=O) groups excluding carboxylic acids is 1. The Labute approximate surface area is 159 Å². The van der Waals surface area contributed by atoms with E-state index in [1.165, 1.54) is 12.1 Å². The third-order valence-electron chi connectivity index (χ3n) is 4.32. The molecular formula is C21H20N2O3S. The Morgan fingerprint density at radius 1 is 0.778 bits per heavy atom. The van der Waals surface area contributed by atoms with Crippen molar-refractivity contribution in [2.24, 2.45) is 0 Å². The lowest BCUT2D eigenvalue weighted by molar-refractivity contribution is 0.102. The predicted molar refractivity (Wildman–Crippen MR) is 108 cm³/mol. The molecule has 0 unspecified atom stereocenters. The molecule has 138 valence electrons. The number of hydrogen-bond donors (Lipinski definition) is 2. The number of carbonyl (C=O) groups is 1. The van der Waals surface area contributed by atoms with Crippen LogP contribution < -0.4 is 10.0 Å². The van der Waals surface area contributed by atoms with E-state index in [2.05, 4.69) is 10.0 Å². The summed E-state index contributed by atoms with van der Waals surface area (Å²) < 4.78 is 27.7. The number of anilines is 2. The molecule has 3 aromatic carbocycles. The van der Waals surface area contributed by atoms with Gasteiger partial charge in [0.2, 0.25) is 0 Å². The van der Waals surface area contributed by atoms with E-state index in [9.17, 15) is 13.2 Å². The monoisotopic (exact) mass is 380 g/mol. The molecule has 2 N–H and O–H groups in total. The molecule has 0 radical (unpaired) electrons. The van der Waals surface area contributed by atoms with Crippen molar-refractivity contribution < 1.29 is 13.2 Å². The maximum atomic E-state index is 12.8. The molecule has 0 fully saturated rings. The molecule has 0 bridgehead atoms. The van der Waals surface area contributed by atoms with Gasteiger partial charge in [0.05, 0.1) is 16.1 Å². The van der Waals surface area contributed by atoms with E-state index in [4.69, 9.17) is 0 Å². The Morgan fingerprint density at radius 3 is 2.15 bits per heavy atom. The van der Waals surface area contributed by atoms with Crippen molar-refractivity contribution in [2.45, 2.75) is 18.7 Å². The number of aryl methyl sites for hydroxylation is 1. The van der Waals surface area contributed by atoms with Gasteiger partial charge >= 0.3 is 0 Å². The number of hydrogen-bond acceptors (Lipinski definition) is 3. The number of benzene rings is 3. The maximum absolute atomic E-state index is 12.8. The number of amides is 1. The van der Waals surface area contributed by atoms with E-state index in [1.807, 2.05) is 32.0 Å². The quantitative estimate of drug-likeness (QED) is 0.691. The van der Waals surface area contributed by atoms with Crippen LogP contribution in [0.3, 0.4) is 0 Å². The second kappa shape index (κ2) is 7.63. The van der Waals surface area contributed by atoms with Crippen LogP contribution >= 0.6 is 0 Å². The molecule has 0 saturated heterocycles. The Kier molecular flexibility index (Phi) is 5.28. The largest absolute Gasteiger partial charge is 0.322 e. The molecule has 0 aromatic heterocycles. The fourth-order valence-corrected chi connectivity index (χ4v) is 3.75. The van der Waals surface area contributed by atoms with Crippen molar-refractivity contribution in [2.75, 3.05) is 10.0 Å². The second-order valence-corrected chi connectivity index (χ2v) is 7.85. The molecule has 1 amide bonds. The third-order valence-corrected chi connectivity index (χ3v) is 5.70. The Hall–Kier alpha value is -3.12. The van der Waals surface area contributed by atoms with Gasteiger partial charge in [-0.05, 0) is 55.3 Å². The lowest BCUT2D eigenvalue weighted by Gasteiger charge is -2.14. The van der Waals surface area contributed by atoms with E-state index in [0.717, 1.165) is 11.1 Å². The highest BCUT2D eigenvalue weighted by atomic mass is 32.2. The van der Waals surface area contributed by atoms with Crippen LogP contribution in [0, 0.1) is 13.8 Å². The van der Waals surface area contributed by atoms with Crippen LogP contribution in [-0.4, -0.2) is 14.3 Å². The summed E-state index contributed by atoms with van der Waals surface area (Å²) in [7, 11) is -3.79. The van der Waals surface area contributed by atoms with Gasteiger partial charge in [-0.1, -0.05) is 42.5 Å². The van der Waals surface area contributed by atoms with Gasteiger partial charge in [0.15, 0.2) is 0 Å². The third kappa shape index (κ3) is 4.17. The zero-order valence-electron chi connectivity index (χ0n) is 15.1. The summed E-state index contributed by atoms with van der Waals surface area (Å²) in [6, 6.07) is 20.2. The maximum Gasteiger partial charge on any atom is 0.261 e. The summed E-state index contributed by atoms with van der Waals surface area (Å²) in [6.07, 6.45) is 0. The molecule has 0 saturated carbocycles. The van der Waals surface area contributed by atoms with E-state index < -0.39 is 10.0 Å². The Bertz CT molecular complexity index is 1080. The molecule has 0 aliphatic carbocycles. The van der Waals surface area contributed by atoms with Crippen LogP contribution in [0.4, 0.5) is 11.4 Å². The molecular weight excluding hydrogens is 360 g/mol. The van der Waals surface area contributed by atoms with Gasteiger partial charge in [0.1, 0.15) is 0 Å². The topological polar surface area (TPSA) is 75.3 Å². The molecule has 3 rings (SSSR count). The molecule has 6 heteroatoms. The van der Waals surface area contributed by atoms with Crippen molar-refractivity contribution in [3.05, 3.63) is 89.5 Å². The number of para-hydroxylation sites is 1. The average Bonchev–Trinajstić information content (AvgIpc) is 2.66. The van der Waals surface area contributed by atoms with Crippen molar-refractivity contribution >= 4 is 27.3 Å². The van der Waals surface area contributed by atoms with E-state index >= 15 is 0 Å². The fraction of sp³-hybridized carbons (Fsp3) is 0.0952. The second-order valence-electron chi connectivity index (χ2n) is 6.17. The van der Waals surface area contributed by atoms with E-state index in [0.29, 0.717) is 5.69 Å². The summed E-state index contributed by atoms with van der Waals surface area (Å²) in [5, 5.41) is 2.86. The molecule has 0 aliphatic rings. The first-order chi connectivity index (χ1) is 12.9. The van der Waals surface area contributed by atoms with E-state index in [-0.39, 0.29) is 22.1 Å². The summed E-state index contributed by atoms with van der Waals surface area (Å²) in [6.45, 7) is 3.89. The van der Waals surface area contributed by atoms with Gasteiger partial charge in [-0.25, -0.2) is 8.42 Å². The van der Waals surface area contributed by atoms with Crippen LogP contribution in [0.2, 0.25) is 0 Å². The van der Waals surface area contributed by atoms with Gasteiger partial charge in [0, 0.05) is 5.69 Å². The van der Waals surface area contributed by atoms with Gasteiger partial charge in [-0.2, -0.15) is 0 Å². The minimum absolute atomic E-state index is 0.134. The summed E-state index contributed by atoms with van der Waals surface area (Å²) >= 11 is 0. The highest BCUT2D eigenvalue weighted by Gasteiger charge is 2.18. The zero-order chi connectivity index (χ0) is 19.4. The van der Waals surface area contributed by atoms with Crippen molar-refractivity contribution in [3.8, 4) is 0 Å². The molecule has 0 atom stereocenters. The van der Waals surface area contributed by atoms with Gasteiger partial charge < -0.3 is 5.32 Å². The molecule has 3 aromatic rings. The van der Waals surface area contributed by atoms with Crippen LogP contribution in [0.5, 0.6) is 0 Å².